The third kappa shape index (κ3) is 24.1. The molecule has 0 aromatic heterocycles. The molecule has 29 heavy (non-hydrogen) atoms. The molecule has 0 fully saturated rings. The number of carboxylic acid groups (broad SMARTS) is 1. The zero-order valence-corrected chi connectivity index (χ0v) is 19.8. The van der Waals surface area contributed by atoms with Gasteiger partial charge in [0.2, 0.25) is 0 Å². The molecule has 0 heterocycles. The van der Waals surface area contributed by atoms with Gasteiger partial charge in [0.15, 0.2) is 0 Å². The number of rotatable bonds is 23. The van der Waals surface area contributed by atoms with E-state index in [4.69, 9.17) is 5.73 Å². The third-order valence-electron chi connectivity index (χ3n) is 5.65. The van der Waals surface area contributed by atoms with Crippen molar-refractivity contribution in [3.8, 4) is 0 Å². The zero-order chi connectivity index (χ0) is 20.7. The molecular formula is C24H49LiN2O2. The first-order valence-electron chi connectivity index (χ1n) is 12.4. The number of carboxylic acids is 1. The summed E-state index contributed by atoms with van der Waals surface area (Å²) in [6.45, 7) is 3.68. The molecule has 0 aromatic carbocycles. The van der Waals surface area contributed by atoms with Crippen LogP contribution in [0, 0.1) is 0 Å². The molecule has 0 spiro atoms. The Hall–Kier alpha value is -0.0126. The van der Waals surface area contributed by atoms with Gasteiger partial charge >= 0.3 is 18.9 Å². The Bertz CT molecular complexity index is 330. The maximum absolute atomic E-state index is 11.1. The standard InChI is InChI=1S/C24H50N2O2.Li/c1-2-3-4-5-6-7-8-9-10-11-12-13-14-15-16-19-22-26-23(24(27)28)20-17-18-21-25;/h23,26H,2-22,25H2,1H3,(H,27,28);/q;+1/p-1/t23-;/m0./s1. The molecule has 1 atom stereocenters. The van der Waals surface area contributed by atoms with Gasteiger partial charge < -0.3 is 21.0 Å². The first kappa shape index (κ1) is 31.2. The second kappa shape index (κ2) is 26.0. The van der Waals surface area contributed by atoms with Gasteiger partial charge in [-0.3, -0.25) is 0 Å². The van der Waals surface area contributed by atoms with Gasteiger partial charge in [0.1, 0.15) is 0 Å². The average molecular weight is 405 g/mol. The van der Waals surface area contributed by atoms with E-state index in [2.05, 4.69) is 12.2 Å². The number of aliphatic carboxylic acids is 1. The third-order valence-corrected chi connectivity index (χ3v) is 5.65. The van der Waals surface area contributed by atoms with Crippen molar-refractivity contribution in [2.45, 2.75) is 135 Å². The predicted molar refractivity (Wildman–Crippen MR) is 119 cm³/mol. The van der Waals surface area contributed by atoms with Crippen molar-refractivity contribution in [2.24, 2.45) is 5.73 Å². The summed E-state index contributed by atoms with van der Waals surface area (Å²) in [7, 11) is 0. The van der Waals surface area contributed by atoms with Crippen LogP contribution in [0.5, 0.6) is 0 Å². The second-order valence-electron chi connectivity index (χ2n) is 8.41. The molecule has 4 nitrogen and oxygen atoms in total. The Morgan fingerprint density at radius 1 is 0.724 bits per heavy atom. The number of carbonyl (C=O) groups excluding carboxylic acids is 1. The van der Waals surface area contributed by atoms with E-state index in [-0.39, 0.29) is 18.9 Å². The van der Waals surface area contributed by atoms with Crippen LogP contribution in [0.25, 0.3) is 0 Å². The monoisotopic (exact) mass is 404 g/mol. The molecule has 3 N–H and O–H groups in total. The fourth-order valence-electron chi connectivity index (χ4n) is 3.75. The molecule has 0 unspecified atom stereocenters. The van der Waals surface area contributed by atoms with Crippen LogP contribution in [0.1, 0.15) is 129 Å². The maximum Gasteiger partial charge on any atom is 1.00 e. The smallest absolute Gasteiger partial charge is 0.548 e. The maximum atomic E-state index is 11.1. The number of carbonyl (C=O) groups is 1. The summed E-state index contributed by atoms with van der Waals surface area (Å²) in [6.07, 6.45) is 24.1. The SMILES string of the molecule is CCCCCCCCCCCCCCCCCCN[C@@H](CCCCN)C(=O)[O-].[Li+]. The summed E-state index contributed by atoms with van der Waals surface area (Å²) in [6, 6.07) is -0.511. The number of nitrogens with two attached hydrogens (primary N) is 1. The molecule has 168 valence electrons. The minimum atomic E-state index is -0.978. The summed E-state index contributed by atoms with van der Waals surface area (Å²) < 4.78 is 0. The fourth-order valence-corrected chi connectivity index (χ4v) is 3.75. The summed E-state index contributed by atoms with van der Waals surface area (Å²) in [5, 5.41) is 14.2. The van der Waals surface area contributed by atoms with E-state index >= 15 is 0 Å². The van der Waals surface area contributed by atoms with E-state index in [0.717, 1.165) is 25.8 Å². The zero-order valence-electron chi connectivity index (χ0n) is 19.8. The van der Waals surface area contributed by atoms with Crippen molar-refractivity contribution in [2.75, 3.05) is 13.1 Å². The second-order valence-corrected chi connectivity index (χ2v) is 8.41. The van der Waals surface area contributed by atoms with Crippen molar-refractivity contribution >= 4 is 5.97 Å². The fraction of sp³-hybridized carbons (Fsp3) is 0.958. The Morgan fingerprint density at radius 2 is 1.14 bits per heavy atom. The van der Waals surface area contributed by atoms with Gasteiger partial charge in [0, 0.05) is 6.04 Å². The van der Waals surface area contributed by atoms with Crippen molar-refractivity contribution in [3.05, 3.63) is 0 Å². The van der Waals surface area contributed by atoms with Crippen molar-refractivity contribution in [1.29, 1.82) is 0 Å². The van der Waals surface area contributed by atoms with Crippen LogP contribution < -0.4 is 35.0 Å². The van der Waals surface area contributed by atoms with Crippen LogP contribution in [-0.4, -0.2) is 25.1 Å². The molecule has 0 aliphatic heterocycles. The van der Waals surface area contributed by atoms with Crippen LogP contribution in [0.15, 0.2) is 0 Å². The quantitative estimate of drug-likeness (QED) is 0.202. The molecule has 0 bridgehead atoms. The average Bonchev–Trinajstić information content (AvgIpc) is 2.68. The van der Waals surface area contributed by atoms with Gasteiger partial charge in [-0.2, -0.15) is 0 Å². The Kier molecular flexibility index (Phi) is 28.0. The minimum absolute atomic E-state index is 0. The van der Waals surface area contributed by atoms with Crippen LogP contribution in [0.4, 0.5) is 0 Å². The van der Waals surface area contributed by atoms with Crippen LogP contribution in [-0.2, 0) is 4.79 Å². The van der Waals surface area contributed by atoms with Gasteiger partial charge in [-0.15, -0.1) is 0 Å². The van der Waals surface area contributed by atoms with E-state index in [1.54, 1.807) is 0 Å². The van der Waals surface area contributed by atoms with Crippen molar-refractivity contribution in [1.82, 2.24) is 5.32 Å². The number of nitrogens with one attached hydrogen (secondary N) is 1. The largest absolute Gasteiger partial charge is 1.00 e. The normalized spacial score (nSPS) is 11.9. The molecular weight excluding hydrogens is 355 g/mol. The van der Waals surface area contributed by atoms with Gasteiger partial charge in [0.05, 0.1) is 5.97 Å². The van der Waals surface area contributed by atoms with Gasteiger partial charge in [0.25, 0.3) is 0 Å². The molecule has 0 aromatic rings. The van der Waals surface area contributed by atoms with Crippen molar-refractivity contribution in [3.63, 3.8) is 0 Å². The van der Waals surface area contributed by atoms with Gasteiger partial charge in [-0.05, 0) is 32.4 Å². The number of hydrogen-bond donors (Lipinski definition) is 2. The Morgan fingerprint density at radius 3 is 1.52 bits per heavy atom. The molecule has 0 aliphatic rings. The molecule has 0 rings (SSSR count). The first-order chi connectivity index (χ1) is 13.7. The summed E-state index contributed by atoms with van der Waals surface area (Å²) >= 11 is 0. The van der Waals surface area contributed by atoms with Crippen LogP contribution in [0.3, 0.4) is 0 Å². The number of hydrogen-bond acceptors (Lipinski definition) is 4. The molecule has 0 saturated carbocycles. The van der Waals surface area contributed by atoms with E-state index in [9.17, 15) is 9.90 Å². The number of unbranched alkanes of at least 4 members (excludes halogenated alkanes) is 16. The van der Waals surface area contributed by atoms with E-state index < -0.39 is 12.0 Å². The van der Waals surface area contributed by atoms with Crippen LogP contribution in [0.2, 0.25) is 0 Å². The summed E-state index contributed by atoms with van der Waals surface area (Å²) in [4.78, 5) is 11.1. The van der Waals surface area contributed by atoms with Gasteiger partial charge in [-0.1, -0.05) is 110 Å². The first-order valence-corrected chi connectivity index (χ1v) is 12.4. The molecule has 0 amide bonds. The molecule has 5 heteroatoms. The molecule has 0 aliphatic carbocycles. The van der Waals surface area contributed by atoms with Gasteiger partial charge in [-0.25, -0.2) is 0 Å². The Labute approximate surface area is 193 Å². The summed E-state index contributed by atoms with van der Waals surface area (Å²) in [5.41, 5.74) is 5.45. The Balaban J connectivity index is 0. The van der Waals surface area contributed by atoms with E-state index in [1.807, 2.05) is 0 Å². The van der Waals surface area contributed by atoms with Crippen molar-refractivity contribution < 1.29 is 28.8 Å². The van der Waals surface area contributed by atoms with E-state index in [0.29, 0.717) is 13.0 Å². The van der Waals surface area contributed by atoms with E-state index in [1.165, 1.54) is 96.3 Å². The predicted octanol–water partition coefficient (Wildman–Crippen LogP) is 2.09. The summed E-state index contributed by atoms with van der Waals surface area (Å²) in [5.74, 6) is -0.978. The van der Waals surface area contributed by atoms with Crippen LogP contribution >= 0.6 is 0 Å². The minimum Gasteiger partial charge on any atom is -0.548 e. The topological polar surface area (TPSA) is 78.2 Å². The molecule has 0 radical (unpaired) electrons. The molecule has 0 saturated heterocycles.